The van der Waals surface area contributed by atoms with Gasteiger partial charge in [-0.15, -0.1) is 0 Å². The first kappa shape index (κ1) is 8.33. The molecule has 0 aromatic carbocycles. The van der Waals surface area contributed by atoms with Crippen LogP contribution in [0.2, 0.25) is 0 Å². The van der Waals surface area contributed by atoms with Crippen LogP contribution < -0.4 is 11.2 Å². The van der Waals surface area contributed by atoms with Crippen LogP contribution in [0.4, 0.5) is 4.79 Å². The van der Waals surface area contributed by atoms with Crippen molar-refractivity contribution in [2.45, 2.75) is 38.2 Å². The summed E-state index contributed by atoms with van der Waals surface area (Å²) in [6.45, 7) is 0. The maximum absolute atomic E-state index is 10.2. The van der Waals surface area contributed by atoms with Crippen LogP contribution in [0.3, 0.4) is 0 Å². The topological polar surface area (TPSA) is 64.4 Å². The van der Waals surface area contributed by atoms with E-state index in [-0.39, 0.29) is 6.10 Å². The van der Waals surface area contributed by atoms with Gasteiger partial charge in [-0.1, -0.05) is 19.3 Å². The summed E-state index contributed by atoms with van der Waals surface area (Å²) >= 11 is 0. The number of urea groups is 1. The minimum absolute atomic E-state index is 0.177. The first-order valence-electron chi connectivity index (χ1n) is 4.00. The van der Waals surface area contributed by atoms with Crippen LogP contribution in [0, 0.1) is 0 Å². The molecule has 0 bridgehead atoms. The van der Waals surface area contributed by atoms with Crippen molar-refractivity contribution in [2.24, 2.45) is 5.73 Å². The van der Waals surface area contributed by atoms with Gasteiger partial charge in [-0.05, 0) is 12.8 Å². The highest BCUT2D eigenvalue weighted by Crippen LogP contribution is 2.19. The summed E-state index contributed by atoms with van der Waals surface area (Å²) in [5.41, 5.74) is 6.99. The SMILES string of the molecule is NC(=O)NOC1CCCCC1. The lowest BCUT2D eigenvalue weighted by Gasteiger charge is -2.20. The minimum atomic E-state index is -0.615. The summed E-state index contributed by atoms with van der Waals surface area (Å²) in [4.78, 5) is 15.2. The summed E-state index contributed by atoms with van der Waals surface area (Å²) in [6, 6.07) is -0.615. The zero-order chi connectivity index (χ0) is 8.10. The van der Waals surface area contributed by atoms with Crippen LogP contribution in [0.5, 0.6) is 0 Å². The molecule has 0 unspecified atom stereocenters. The third-order valence-corrected chi connectivity index (χ3v) is 1.88. The van der Waals surface area contributed by atoms with Crippen LogP contribution >= 0.6 is 0 Å². The molecular weight excluding hydrogens is 144 g/mol. The molecule has 64 valence electrons. The Morgan fingerprint density at radius 1 is 1.36 bits per heavy atom. The average Bonchev–Trinajstić information content (AvgIpc) is 2.03. The van der Waals surface area contributed by atoms with Gasteiger partial charge in [-0.2, -0.15) is 0 Å². The smallest absolute Gasteiger partial charge is 0.336 e. The molecule has 11 heavy (non-hydrogen) atoms. The van der Waals surface area contributed by atoms with Gasteiger partial charge < -0.3 is 5.73 Å². The van der Waals surface area contributed by atoms with Crippen molar-refractivity contribution in [3.8, 4) is 0 Å². The first-order valence-corrected chi connectivity index (χ1v) is 4.00. The lowest BCUT2D eigenvalue weighted by atomic mass is 9.98. The molecule has 1 aliphatic carbocycles. The van der Waals surface area contributed by atoms with Crippen molar-refractivity contribution < 1.29 is 9.63 Å². The molecule has 0 heterocycles. The molecule has 0 aromatic heterocycles. The van der Waals surface area contributed by atoms with Crippen molar-refractivity contribution in [3.63, 3.8) is 0 Å². The van der Waals surface area contributed by atoms with Crippen molar-refractivity contribution in [1.82, 2.24) is 5.48 Å². The Morgan fingerprint density at radius 2 is 2.00 bits per heavy atom. The van der Waals surface area contributed by atoms with Gasteiger partial charge >= 0.3 is 6.03 Å². The second kappa shape index (κ2) is 4.18. The summed E-state index contributed by atoms with van der Waals surface area (Å²) < 4.78 is 0. The van der Waals surface area contributed by atoms with Crippen LogP contribution in [0.15, 0.2) is 0 Å². The summed E-state index contributed by atoms with van der Waals surface area (Å²) in [7, 11) is 0. The number of hydrogen-bond acceptors (Lipinski definition) is 2. The fourth-order valence-electron chi connectivity index (χ4n) is 1.32. The van der Waals surface area contributed by atoms with E-state index in [4.69, 9.17) is 10.6 Å². The summed E-state index contributed by atoms with van der Waals surface area (Å²) in [6.07, 6.45) is 5.88. The zero-order valence-corrected chi connectivity index (χ0v) is 6.51. The first-order chi connectivity index (χ1) is 5.29. The van der Waals surface area contributed by atoms with E-state index in [0.717, 1.165) is 12.8 Å². The molecule has 4 heteroatoms. The van der Waals surface area contributed by atoms with E-state index < -0.39 is 6.03 Å². The number of hydroxylamine groups is 1. The standard InChI is InChI=1S/C7H14N2O2/c8-7(10)9-11-6-4-2-1-3-5-6/h6H,1-5H2,(H3,8,9,10). The van der Waals surface area contributed by atoms with Crippen molar-refractivity contribution in [3.05, 3.63) is 0 Å². The van der Waals surface area contributed by atoms with E-state index >= 15 is 0 Å². The monoisotopic (exact) mass is 158 g/mol. The van der Waals surface area contributed by atoms with Crippen molar-refractivity contribution >= 4 is 6.03 Å². The number of amides is 2. The Morgan fingerprint density at radius 3 is 2.55 bits per heavy atom. The maximum Gasteiger partial charge on any atom is 0.336 e. The molecule has 4 nitrogen and oxygen atoms in total. The minimum Gasteiger partial charge on any atom is -0.350 e. The molecule has 0 aliphatic heterocycles. The van der Waals surface area contributed by atoms with Crippen LogP contribution in [0.25, 0.3) is 0 Å². The quantitative estimate of drug-likeness (QED) is 0.587. The lowest BCUT2D eigenvalue weighted by Crippen LogP contribution is -2.34. The third kappa shape index (κ3) is 3.23. The van der Waals surface area contributed by atoms with Gasteiger partial charge in [0.2, 0.25) is 0 Å². The number of hydrogen-bond donors (Lipinski definition) is 2. The Hall–Kier alpha value is -0.770. The zero-order valence-electron chi connectivity index (χ0n) is 6.51. The number of carbonyl (C=O) groups excluding carboxylic acids is 1. The molecule has 1 fully saturated rings. The van der Waals surface area contributed by atoms with Crippen molar-refractivity contribution in [2.75, 3.05) is 0 Å². The predicted octanol–water partition coefficient (Wildman–Crippen LogP) is 0.919. The highest BCUT2D eigenvalue weighted by molar-refractivity contribution is 5.70. The van der Waals surface area contributed by atoms with Gasteiger partial charge in [0.25, 0.3) is 0 Å². The number of primary amides is 1. The van der Waals surface area contributed by atoms with E-state index in [9.17, 15) is 4.79 Å². The largest absolute Gasteiger partial charge is 0.350 e. The fourth-order valence-corrected chi connectivity index (χ4v) is 1.32. The van der Waals surface area contributed by atoms with E-state index in [1.54, 1.807) is 0 Å². The molecule has 1 aliphatic rings. The molecule has 2 amide bonds. The number of rotatable bonds is 2. The molecule has 0 spiro atoms. The Balaban J connectivity index is 2.09. The van der Waals surface area contributed by atoms with Gasteiger partial charge in [0, 0.05) is 0 Å². The molecule has 1 saturated carbocycles. The van der Waals surface area contributed by atoms with Gasteiger partial charge in [0.15, 0.2) is 0 Å². The molecule has 0 radical (unpaired) electrons. The van der Waals surface area contributed by atoms with Gasteiger partial charge in [-0.3, -0.25) is 4.84 Å². The number of carbonyl (C=O) groups is 1. The molecule has 0 saturated heterocycles. The van der Waals surface area contributed by atoms with Crippen LogP contribution in [0.1, 0.15) is 32.1 Å². The van der Waals surface area contributed by atoms with Crippen LogP contribution in [-0.2, 0) is 4.84 Å². The maximum atomic E-state index is 10.2. The van der Waals surface area contributed by atoms with E-state index in [1.165, 1.54) is 19.3 Å². The highest BCUT2D eigenvalue weighted by Gasteiger charge is 2.14. The van der Waals surface area contributed by atoms with Gasteiger partial charge in [0.05, 0.1) is 6.10 Å². The lowest BCUT2D eigenvalue weighted by molar-refractivity contribution is -0.0207. The summed E-state index contributed by atoms with van der Waals surface area (Å²) in [5, 5.41) is 0. The normalized spacial score (nSPS) is 19.6. The Kier molecular flexibility index (Phi) is 3.16. The summed E-state index contributed by atoms with van der Waals surface area (Å²) in [5.74, 6) is 0. The third-order valence-electron chi connectivity index (χ3n) is 1.88. The second-order valence-electron chi connectivity index (χ2n) is 2.84. The van der Waals surface area contributed by atoms with E-state index in [1.807, 2.05) is 0 Å². The number of nitrogens with two attached hydrogens (primary N) is 1. The highest BCUT2D eigenvalue weighted by atomic mass is 16.7. The van der Waals surface area contributed by atoms with Crippen LogP contribution in [-0.4, -0.2) is 12.1 Å². The number of nitrogens with one attached hydrogen (secondary N) is 1. The average molecular weight is 158 g/mol. The van der Waals surface area contributed by atoms with E-state index in [0.29, 0.717) is 0 Å². The van der Waals surface area contributed by atoms with Crippen molar-refractivity contribution in [1.29, 1.82) is 0 Å². The fraction of sp³-hybridized carbons (Fsp3) is 0.857. The molecule has 0 atom stereocenters. The van der Waals surface area contributed by atoms with Gasteiger partial charge in [0.1, 0.15) is 0 Å². The molecule has 3 N–H and O–H groups in total. The molecular formula is C7H14N2O2. The second-order valence-corrected chi connectivity index (χ2v) is 2.84. The Bertz CT molecular complexity index is 132. The molecule has 0 aromatic rings. The predicted molar refractivity (Wildman–Crippen MR) is 40.7 cm³/mol. The molecule has 1 rings (SSSR count). The van der Waals surface area contributed by atoms with Gasteiger partial charge in [-0.25, -0.2) is 10.3 Å². The Labute approximate surface area is 66.0 Å². The van der Waals surface area contributed by atoms with E-state index in [2.05, 4.69) is 5.48 Å².